The second kappa shape index (κ2) is 10.7. The molecule has 0 radical (unpaired) electrons. The van der Waals surface area contributed by atoms with Gasteiger partial charge < -0.3 is 5.11 Å². The van der Waals surface area contributed by atoms with E-state index in [0.717, 1.165) is 32.7 Å². The first-order valence-electron chi connectivity index (χ1n) is 11.3. The smallest absolute Gasteiger partial charge is 0.0653 e. The molecular formula is C27H33N3O. The van der Waals surface area contributed by atoms with E-state index < -0.39 is 0 Å². The molecule has 0 aromatic heterocycles. The monoisotopic (exact) mass is 415 g/mol. The van der Waals surface area contributed by atoms with Crippen molar-refractivity contribution in [1.82, 2.24) is 14.9 Å². The van der Waals surface area contributed by atoms with Gasteiger partial charge in [0.15, 0.2) is 0 Å². The van der Waals surface area contributed by atoms with E-state index in [4.69, 9.17) is 0 Å². The standard InChI is InChI=1S/C27H33N3O/c1-23(31)21-30(22-24-11-5-2-6-12-24)29-19-17-28(18-20-29)27(25-13-7-3-8-14-25)26-15-9-4-10-16-26/h2-16,23,27,31H,17-22H2,1H3. The molecule has 4 nitrogen and oxygen atoms in total. The van der Waals surface area contributed by atoms with Crippen LogP contribution in [0.1, 0.15) is 29.7 Å². The SMILES string of the molecule is CC(O)CN(Cc1ccccc1)N1CCN(C(c2ccccc2)c2ccccc2)CC1. The fourth-order valence-electron chi connectivity index (χ4n) is 4.52. The summed E-state index contributed by atoms with van der Waals surface area (Å²) in [6.45, 7) is 7.22. The number of hydrogen-bond donors (Lipinski definition) is 1. The lowest BCUT2D eigenvalue weighted by molar-refractivity contribution is -0.0856. The summed E-state index contributed by atoms with van der Waals surface area (Å²) in [5.74, 6) is 0. The Kier molecular flexibility index (Phi) is 7.49. The van der Waals surface area contributed by atoms with Crippen molar-refractivity contribution in [2.75, 3.05) is 32.7 Å². The van der Waals surface area contributed by atoms with Crippen LogP contribution in [0.15, 0.2) is 91.0 Å². The Hall–Kier alpha value is -2.50. The van der Waals surface area contributed by atoms with Gasteiger partial charge in [-0.25, -0.2) is 10.0 Å². The predicted molar refractivity (Wildman–Crippen MR) is 126 cm³/mol. The highest BCUT2D eigenvalue weighted by atomic mass is 16.3. The summed E-state index contributed by atoms with van der Waals surface area (Å²) in [5.41, 5.74) is 3.96. The molecule has 0 amide bonds. The molecule has 1 fully saturated rings. The van der Waals surface area contributed by atoms with E-state index >= 15 is 0 Å². The van der Waals surface area contributed by atoms with Crippen LogP contribution in [0.25, 0.3) is 0 Å². The molecule has 4 heteroatoms. The third-order valence-corrected chi connectivity index (χ3v) is 5.97. The van der Waals surface area contributed by atoms with Gasteiger partial charge in [0.1, 0.15) is 0 Å². The number of hydrazine groups is 1. The zero-order valence-corrected chi connectivity index (χ0v) is 18.3. The van der Waals surface area contributed by atoms with E-state index in [1.54, 1.807) is 0 Å². The zero-order valence-electron chi connectivity index (χ0n) is 18.3. The van der Waals surface area contributed by atoms with Gasteiger partial charge in [-0.05, 0) is 23.6 Å². The molecule has 0 bridgehead atoms. The van der Waals surface area contributed by atoms with Gasteiger partial charge in [0.05, 0.1) is 12.1 Å². The van der Waals surface area contributed by atoms with Crippen molar-refractivity contribution in [2.45, 2.75) is 25.6 Å². The number of rotatable bonds is 8. The third-order valence-electron chi connectivity index (χ3n) is 5.97. The van der Waals surface area contributed by atoms with Crippen LogP contribution in [-0.2, 0) is 6.54 Å². The van der Waals surface area contributed by atoms with Gasteiger partial charge in [-0.1, -0.05) is 91.0 Å². The molecule has 1 atom stereocenters. The van der Waals surface area contributed by atoms with Gasteiger partial charge in [-0.2, -0.15) is 0 Å². The molecule has 1 aliphatic heterocycles. The molecular weight excluding hydrogens is 382 g/mol. The summed E-state index contributed by atoms with van der Waals surface area (Å²) < 4.78 is 0. The van der Waals surface area contributed by atoms with Gasteiger partial charge in [0, 0.05) is 39.3 Å². The molecule has 3 aromatic rings. The normalized spacial score (nSPS) is 16.6. The second-order valence-electron chi connectivity index (χ2n) is 8.40. The molecule has 1 N–H and O–H groups in total. The van der Waals surface area contributed by atoms with Gasteiger partial charge >= 0.3 is 0 Å². The van der Waals surface area contributed by atoms with Crippen molar-refractivity contribution >= 4 is 0 Å². The number of benzene rings is 3. The minimum Gasteiger partial charge on any atom is -0.392 e. The summed E-state index contributed by atoms with van der Waals surface area (Å²) in [6.07, 6.45) is -0.358. The number of aliphatic hydroxyl groups excluding tert-OH is 1. The van der Waals surface area contributed by atoms with Crippen molar-refractivity contribution in [3.63, 3.8) is 0 Å². The average molecular weight is 416 g/mol. The maximum absolute atomic E-state index is 10.1. The van der Waals surface area contributed by atoms with E-state index in [1.807, 2.05) is 6.92 Å². The molecule has 3 aromatic carbocycles. The first-order valence-corrected chi connectivity index (χ1v) is 11.3. The number of hydrogen-bond acceptors (Lipinski definition) is 4. The molecule has 1 heterocycles. The van der Waals surface area contributed by atoms with E-state index in [-0.39, 0.29) is 12.1 Å². The fraction of sp³-hybridized carbons (Fsp3) is 0.333. The molecule has 0 spiro atoms. The van der Waals surface area contributed by atoms with E-state index in [1.165, 1.54) is 16.7 Å². The van der Waals surface area contributed by atoms with Crippen LogP contribution in [0.3, 0.4) is 0 Å². The lowest BCUT2D eigenvalue weighted by Gasteiger charge is -2.44. The van der Waals surface area contributed by atoms with Crippen molar-refractivity contribution in [2.24, 2.45) is 0 Å². The minimum absolute atomic E-state index is 0.267. The maximum Gasteiger partial charge on any atom is 0.0653 e. The Morgan fingerprint density at radius 2 is 1.23 bits per heavy atom. The fourth-order valence-corrected chi connectivity index (χ4v) is 4.52. The van der Waals surface area contributed by atoms with Crippen LogP contribution in [-0.4, -0.2) is 58.9 Å². The van der Waals surface area contributed by atoms with Crippen LogP contribution in [0.4, 0.5) is 0 Å². The van der Waals surface area contributed by atoms with Crippen molar-refractivity contribution in [1.29, 1.82) is 0 Å². The van der Waals surface area contributed by atoms with Gasteiger partial charge in [0.2, 0.25) is 0 Å². The Morgan fingerprint density at radius 1 is 0.742 bits per heavy atom. The average Bonchev–Trinajstić information content (AvgIpc) is 2.81. The lowest BCUT2D eigenvalue weighted by atomic mass is 9.96. The summed E-state index contributed by atoms with van der Waals surface area (Å²) >= 11 is 0. The predicted octanol–water partition coefficient (Wildman–Crippen LogP) is 4.19. The Morgan fingerprint density at radius 3 is 1.71 bits per heavy atom. The number of piperazine rings is 1. The summed E-state index contributed by atoms with van der Waals surface area (Å²) in [7, 11) is 0. The van der Waals surface area contributed by atoms with Gasteiger partial charge in [-0.3, -0.25) is 4.90 Å². The molecule has 1 aliphatic rings. The van der Waals surface area contributed by atoms with Gasteiger partial charge in [-0.15, -0.1) is 0 Å². The van der Waals surface area contributed by atoms with E-state index in [2.05, 4.69) is 106 Å². The largest absolute Gasteiger partial charge is 0.392 e. The molecule has 4 rings (SSSR count). The van der Waals surface area contributed by atoms with Crippen molar-refractivity contribution in [3.8, 4) is 0 Å². The molecule has 0 saturated carbocycles. The molecule has 31 heavy (non-hydrogen) atoms. The molecule has 162 valence electrons. The van der Waals surface area contributed by atoms with Crippen LogP contribution < -0.4 is 0 Å². The van der Waals surface area contributed by atoms with Crippen LogP contribution in [0.2, 0.25) is 0 Å². The highest BCUT2D eigenvalue weighted by molar-refractivity contribution is 5.32. The zero-order chi connectivity index (χ0) is 21.5. The number of nitrogens with zero attached hydrogens (tertiary/aromatic N) is 3. The lowest BCUT2D eigenvalue weighted by Crippen LogP contribution is -2.55. The van der Waals surface area contributed by atoms with E-state index in [9.17, 15) is 5.11 Å². The third kappa shape index (κ3) is 5.81. The second-order valence-corrected chi connectivity index (χ2v) is 8.40. The first kappa shape index (κ1) is 21.7. The Labute approximate surface area is 186 Å². The Balaban J connectivity index is 1.48. The summed E-state index contributed by atoms with van der Waals surface area (Å²) in [5, 5.41) is 14.8. The van der Waals surface area contributed by atoms with Crippen LogP contribution in [0.5, 0.6) is 0 Å². The van der Waals surface area contributed by atoms with Gasteiger partial charge in [0.25, 0.3) is 0 Å². The maximum atomic E-state index is 10.1. The van der Waals surface area contributed by atoms with Crippen molar-refractivity contribution in [3.05, 3.63) is 108 Å². The minimum atomic E-state index is -0.358. The van der Waals surface area contributed by atoms with Crippen LogP contribution >= 0.6 is 0 Å². The quantitative estimate of drug-likeness (QED) is 0.597. The molecule has 1 unspecified atom stereocenters. The summed E-state index contributed by atoms with van der Waals surface area (Å²) in [4.78, 5) is 2.59. The number of aliphatic hydroxyl groups is 1. The van der Waals surface area contributed by atoms with E-state index in [0.29, 0.717) is 6.54 Å². The first-order chi connectivity index (χ1) is 15.2. The van der Waals surface area contributed by atoms with Crippen LogP contribution in [0, 0.1) is 0 Å². The highest BCUT2D eigenvalue weighted by Gasteiger charge is 2.28. The topological polar surface area (TPSA) is 30.0 Å². The summed E-state index contributed by atoms with van der Waals surface area (Å²) in [6, 6.07) is 32.4. The Bertz CT molecular complexity index is 854. The molecule has 0 aliphatic carbocycles. The van der Waals surface area contributed by atoms with Crippen molar-refractivity contribution < 1.29 is 5.11 Å². The molecule has 1 saturated heterocycles. The highest BCUT2D eigenvalue weighted by Crippen LogP contribution is 2.29.